The fourth-order valence-corrected chi connectivity index (χ4v) is 7.77. The third-order valence-corrected chi connectivity index (χ3v) is 9.55. The fraction of sp³-hybridized carbons (Fsp3) is 0.600. The second-order valence-electron chi connectivity index (χ2n) is 13.0. The number of pyridine rings is 1. The average Bonchev–Trinajstić information content (AvgIpc) is 3.57. The second-order valence-corrected chi connectivity index (χ2v) is 13.0. The number of piperidine rings is 1. The molecule has 4 saturated heterocycles. The van der Waals surface area contributed by atoms with E-state index in [0.717, 1.165) is 6.20 Å². The molecule has 0 N–H and O–H groups in total. The van der Waals surface area contributed by atoms with Crippen LogP contribution in [0.3, 0.4) is 0 Å². The van der Waals surface area contributed by atoms with E-state index >= 15 is 0 Å². The van der Waals surface area contributed by atoms with Crippen LogP contribution in [0.1, 0.15) is 69.4 Å². The lowest BCUT2D eigenvalue weighted by atomic mass is 9.56. The molecule has 230 valence electrons. The molecule has 5 heterocycles. The molecular formula is C30H33F2N3O8. The van der Waals surface area contributed by atoms with Crippen molar-refractivity contribution in [3.63, 3.8) is 0 Å². The first-order chi connectivity index (χ1) is 20.2. The molecule has 0 unspecified atom stereocenters. The average molecular weight is 602 g/mol. The van der Waals surface area contributed by atoms with Crippen LogP contribution < -0.4 is 0 Å². The minimum absolute atomic E-state index is 0.0671. The minimum atomic E-state index is -2.68. The van der Waals surface area contributed by atoms with Crippen LogP contribution in [-0.4, -0.2) is 82.6 Å². The number of esters is 3. The maximum absolute atomic E-state index is 14.1. The van der Waals surface area contributed by atoms with Crippen LogP contribution in [0.2, 0.25) is 0 Å². The highest BCUT2D eigenvalue weighted by atomic mass is 19.3. The first kappa shape index (κ1) is 29.2. The first-order valence-corrected chi connectivity index (χ1v) is 14.4. The minimum Gasteiger partial charge on any atom is -0.457 e. The molecule has 0 saturated carbocycles. The Morgan fingerprint density at radius 3 is 2.42 bits per heavy atom. The van der Waals surface area contributed by atoms with E-state index in [1.165, 1.54) is 24.0 Å². The van der Waals surface area contributed by atoms with E-state index in [-0.39, 0.29) is 36.0 Å². The zero-order valence-electron chi connectivity index (χ0n) is 24.3. The smallest absolute Gasteiger partial charge is 0.320 e. The zero-order chi connectivity index (χ0) is 31.1. The predicted octanol–water partition coefficient (Wildman–Crippen LogP) is 2.80. The Morgan fingerprint density at radius 2 is 1.84 bits per heavy atom. The molecule has 4 fully saturated rings. The number of alkyl halides is 2. The van der Waals surface area contributed by atoms with Gasteiger partial charge < -0.3 is 24.0 Å². The maximum Gasteiger partial charge on any atom is 0.320 e. The lowest BCUT2D eigenvalue weighted by molar-refractivity contribution is -0.167. The van der Waals surface area contributed by atoms with Gasteiger partial charge in [0.15, 0.2) is 12.3 Å². The van der Waals surface area contributed by atoms with Crippen LogP contribution in [-0.2, 0) is 33.4 Å². The van der Waals surface area contributed by atoms with Crippen molar-refractivity contribution in [2.75, 3.05) is 19.6 Å². The van der Waals surface area contributed by atoms with Crippen molar-refractivity contribution in [1.82, 2.24) is 14.8 Å². The Bertz CT molecular complexity index is 1430. The van der Waals surface area contributed by atoms with E-state index in [2.05, 4.69) is 4.98 Å². The van der Waals surface area contributed by atoms with Gasteiger partial charge in [-0.05, 0) is 48.0 Å². The fourth-order valence-electron chi connectivity index (χ4n) is 7.77. The summed E-state index contributed by atoms with van der Waals surface area (Å²) >= 11 is 0. The number of carbonyl (C=O) groups is 5. The van der Waals surface area contributed by atoms with E-state index in [0.29, 0.717) is 31.5 Å². The molecule has 6 rings (SSSR count). The van der Waals surface area contributed by atoms with Crippen LogP contribution in [0.5, 0.6) is 0 Å². The number of ether oxygens (including phenoxy) is 3. The van der Waals surface area contributed by atoms with E-state index < -0.39 is 64.9 Å². The van der Waals surface area contributed by atoms with Crippen molar-refractivity contribution in [3.05, 3.63) is 41.2 Å². The number of halogens is 2. The van der Waals surface area contributed by atoms with Gasteiger partial charge in [0.1, 0.15) is 22.6 Å². The standard InChI is InChI=1S/C30H33F2N3O8/c1-15(36)41-22-25(39)35(14-16-7-9-34(10-8-16)24(38)18-6-5-17(13-33-18)23(31)32)26-30(22)19(28(2,3)4)11-20-29(30,27(40)43-26)12-21(37)42-20/h5-6,11,13,16,20,22-23,26H,7-10,12,14H2,1-4H3/t20-,22-,26-,29-,30-/m0/s1. The van der Waals surface area contributed by atoms with Crippen molar-refractivity contribution in [1.29, 1.82) is 0 Å². The number of carbonyl (C=O) groups excluding carboxylic acids is 5. The maximum atomic E-state index is 14.1. The van der Waals surface area contributed by atoms with Crippen molar-refractivity contribution in [2.24, 2.45) is 22.2 Å². The molecule has 4 aliphatic heterocycles. The summed E-state index contributed by atoms with van der Waals surface area (Å²) in [5, 5.41) is 0. The summed E-state index contributed by atoms with van der Waals surface area (Å²) in [7, 11) is 0. The van der Waals surface area contributed by atoms with Gasteiger partial charge in [-0.3, -0.25) is 29.0 Å². The van der Waals surface area contributed by atoms with Crippen LogP contribution in [0.25, 0.3) is 0 Å². The summed E-state index contributed by atoms with van der Waals surface area (Å²) in [6.45, 7) is 7.81. The number of hydrogen-bond donors (Lipinski definition) is 0. The van der Waals surface area contributed by atoms with Gasteiger partial charge in [-0.2, -0.15) is 0 Å². The Morgan fingerprint density at radius 1 is 1.14 bits per heavy atom. The van der Waals surface area contributed by atoms with Gasteiger partial charge in [-0.25, -0.2) is 8.78 Å². The molecule has 0 bridgehead atoms. The zero-order valence-corrected chi connectivity index (χ0v) is 24.3. The molecule has 2 amide bonds. The SMILES string of the molecule is CC(=O)O[C@H]1C(=O)N(CC2CCN(C(=O)c3ccc(C(F)F)cn3)CC2)[C@H]2OC(=O)[C@]34CC(=O)O[C@H]3C=C(C(C)(C)C)[C@@]214. The van der Waals surface area contributed by atoms with Crippen LogP contribution in [0, 0.1) is 22.2 Å². The quantitative estimate of drug-likeness (QED) is 0.284. The molecular weight excluding hydrogens is 568 g/mol. The summed E-state index contributed by atoms with van der Waals surface area (Å²) in [4.78, 5) is 72.7. The Labute approximate surface area is 246 Å². The van der Waals surface area contributed by atoms with E-state index in [1.54, 1.807) is 11.0 Å². The monoisotopic (exact) mass is 601 g/mol. The van der Waals surface area contributed by atoms with Gasteiger partial charge in [-0.1, -0.05) is 20.8 Å². The first-order valence-electron chi connectivity index (χ1n) is 14.4. The van der Waals surface area contributed by atoms with Gasteiger partial charge in [-0.15, -0.1) is 0 Å². The second kappa shape index (κ2) is 9.81. The lowest BCUT2D eigenvalue weighted by Crippen LogP contribution is -2.55. The predicted molar refractivity (Wildman–Crippen MR) is 142 cm³/mol. The van der Waals surface area contributed by atoms with Crippen molar-refractivity contribution < 1.29 is 47.0 Å². The van der Waals surface area contributed by atoms with Gasteiger partial charge in [0, 0.05) is 38.3 Å². The Balaban J connectivity index is 1.26. The molecule has 0 aromatic carbocycles. The van der Waals surface area contributed by atoms with Gasteiger partial charge in [0.05, 0.1) is 6.42 Å². The third kappa shape index (κ3) is 4.10. The summed E-state index contributed by atoms with van der Waals surface area (Å²) in [6, 6.07) is 2.46. The molecule has 13 heteroatoms. The molecule has 1 aromatic heterocycles. The van der Waals surface area contributed by atoms with Crippen molar-refractivity contribution >= 4 is 29.7 Å². The largest absolute Gasteiger partial charge is 0.457 e. The van der Waals surface area contributed by atoms with E-state index in [4.69, 9.17) is 14.2 Å². The van der Waals surface area contributed by atoms with Crippen LogP contribution >= 0.6 is 0 Å². The van der Waals surface area contributed by atoms with Gasteiger partial charge in [0.25, 0.3) is 18.2 Å². The third-order valence-electron chi connectivity index (χ3n) is 9.55. The highest BCUT2D eigenvalue weighted by molar-refractivity contribution is 5.99. The van der Waals surface area contributed by atoms with E-state index in [1.807, 2.05) is 20.8 Å². The highest BCUT2D eigenvalue weighted by Gasteiger charge is 2.87. The number of aromatic nitrogens is 1. The number of rotatable bonds is 5. The van der Waals surface area contributed by atoms with Crippen LogP contribution in [0.15, 0.2) is 30.0 Å². The topological polar surface area (TPSA) is 132 Å². The highest BCUT2D eigenvalue weighted by Crippen LogP contribution is 2.72. The normalized spacial score (nSPS) is 31.9. The summed E-state index contributed by atoms with van der Waals surface area (Å²) in [6.07, 6.45) is -2.69. The molecule has 1 aromatic rings. The summed E-state index contributed by atoms with van der Waals surface area (Å²) in [5.74, 6) is -2.93. The summed E-state index contributed by atoms with van der Waals surface area (Å²) < 4.78 is 43.0. The summed E-state index contributed by atoms with van der Waals surface area (Å²) in [5.41, 5.74) is -3.12. The number of amides is 2. The molecule has 11 nitrogen and oxygen atoms in total. The van der Waals surface area contributed by atoms with Crippen molar-refractivity contribution in [2.45, 2.75) is 71.8 Å². The number of likely N-dealkylation sites (tertiary alicyclic amines) is 2. The molecule has 43 heavy (non-hydrogen) atoms. The Kier molecular flexibility index (Phi) is 6.66. The Hall–Kier alpha value is -3.90. The number of hydrogen-bond acceptors (Lipinski definition) is 9. The van der Waals surface area contributed by atoms with Gasteiger partial charge in [0.2, 0.25) is 0 Å². The lowest BCUT2D eigenvalue weighted by Gasteiger charge is -2.43. The van der Waals surface area contributed by atoms with Crippen LogP contribution in [0.4, 0.5) is 8.78 Å². The molecule has 5 aliphatic rings. The molecule has 0 radical (unpaired) electrons. The molecule has 5 atom stereocenters. The molecule has 1 aliphatic carbocycles. The van der Waals surface area contributed by atoms with Gasteiger partial charge >= 0.3 is 17.9 Å². The number of nitrogens with zero attached hydrogens (tertiary/aromatic N) is 3. The van der Waals surface area contributed by atoms with Crippen molar-refractivity contribution in [3.8, 4) is 0 Å². The van der Waals surface area contributed by atoms with E-state index in [9.17, 15) is 32.8 Å². The molecule has 2 spiro atoms.